The van der Waals surface area contributed by atoms with Crippen molar-refractivity contribution in [2.24, 2.45) is 0 Å². The van der Waals surface area contributed by atoms with Gasteiger partial charge in [-0.2, -0.15) is 13.2 Å². The molecule has 0 atom stereocenters. The molecule has 0 amide bonds. The van der Waals surface area contributed by atoms with Crippen LogP contribution in [0.3, 0.4) is 0 Å². The molecule has 0 spiro atoms. The second kappa shape index (κ2) is 4.41. The van der Waals surface area contributed by atoms with E-state index in [0.717, 1.165) is 5.56 Å². The van der Waals surface area contributed by atoms with Gasteiger partial charge in [0.05, 0.1) is 0 Å². The van der Waals surface area contributed by atoms with Crippen LogP contribution in [0.2, 0.25) is 0 Å². The maximum Gasteiger partial charge on any atom is 0.454 e. The van der Waals surface area contributed by atoms with E-state index in [9.17, 15) is 18.0 Å². The van der Waals surface area contributed by atoms with Gasteiger partial charge in [0, 0.05) is 5.56 Å². The number of rotatable bonds is 1. The summed E-state index contributed by atoms with van der Waals surface area (Å²) >= 11 is 0. The first kappa shape index (κ1) is 14.7. The molecule has 1 rings (SSSR count). The van der Waals surface area contributed by atoms with E-state index in [0.29, 0.717) is 11.1 Å². The third-order valence-corrected chi connectivity index (χ3v) is 2.88. The number of ketones is 1. The van der Waals surface area contributed by atoms with Crippen molar-refractivity contribution in [3.8, 4) is 0 Å². The fourth-order valence-electron chi connectivity index (χ4n) is 1.90. The van der Waals surface area contributed by atoms with Crippen molar-refractivity contribution in [3.05, 3.63) is 34.4 Å². The van der Waals surface area contributed by atoms with Gasteiger partial charge in [0.1, 0.15) is 0 Å². The predicted molar refractivity (Wildman–Crippen MR) is 65.0 cm³/mol. The third-order valence-electron chi connectivity index (χ3n) is 2.88. The fourth-order valence-corrected chi connectivity index (χ4v) is 1.90. The van der Waals surface area contributed by atoms with Gasteiger partial charge in [-0.05, 0) is 36.0 Å². The monoisotopic (exact) mass is 258 g/mol. The summed E-state index contributed by atoms with van der Waals surface area (Å²) in [6.45, 7) is 9.02. The number of hydrogen-bond acceptors (Lipinski definition) is 1. The first-order chi connectivity index (χ1) is 7.94. The summed E-state index contributed by atoms with van der Waals surface area (Å²) in [5.74, 6) is -1.77. The molecule has 1 aromatic carbocycles. The second-order valence-corrected chi connectivity index (χ2v) is 5.56. The van der Waals surface area contributed by atoms with Crippen LogP contribution in [0, 0.1) is 13.8 Å². The van der Waals surface area contributed by atoms with Gasteiger partial charge in [0.25, 0.3) is 5.78 Å². The lowest BCUT2D eigenvalue weighted by molar-refractivity contribution is -0.0886. The van der Waals surface area contributed by atoms with Crippen LogP contribution in [-0.2, 0) is 5.41 Å². The van der Waals surface area contributed by atoms with Crippen LogP contribution in [0.25, 0.3) is 0 Å². The Labute approximate surface area is 105 Å². The van der Waals surface area contributed by atoms with Crippen LogP contribution in [0.4, 0.5) is 13.2 Å². The van der Waals surface area contributed by atoms with Gasteiger partial charge in [-0.15, -0.1) is 0 Å². The zero-order chi connectivity index (χ0) is 14.3. The third kappa shape index (κ3) is 2.92. The van der Waals surface area contributed by atoms with E-state index in [-0.39, 0.29) is 11.0 Å². The minimum absolute atomic E-state index is 0.157. The lowest BCUT2D eigenvalue weighted by atomic mass is 9.83. The number of carbonyl (C=O) groups excluding carboxylic acids is 1. The number of benzene rings is 1. The van der Waals surface area contributed by atoms with Crippen LogP contribution < -0.4 is 0 Å². The number of halogens is 3. The molecule has 1 nitrogen and oxygen atoms in total. The highest BCUT2D eigenvalue weighted by Crippen LogP contribution is 2.30. The molecule has 18 heavy (non-hydrogen) atoms. The lowest BCUT2D eigenvalue weighted by Gasteiger charge is -2.22. The highest BCUT2D eigenvalue weighted by atomic mass is 19.4. The van der Waals surface area contributed by atoms with E-state index < -0.39 is 12.0 Å². The number of hydrogen-bond donors (Lipinski definition) is 0. The van der Waals surface area contributed by atoms with Gasteiger partial charge in [-0.25, -0.2) is 0 Å². The van der Waals surface area contributed by atoms with Gasteiger partial charge < -0.3 is 0 Å². The number of alkyl halides is 3. The van der Waals surface area contributed by atoms with E-state index in [1.807, 2.05) is 20.8 Å². The number of Topliss-reactive ketones (excluding diaryl/α,β-unsaturated/α-hetero) is 1. The average Bonchev–Trinajstić information content (AvgIpc) is 2.13. The van der Waals surface area contributed by atoms with Crippen molar-refractivity contribution in [2.45, 2.75) is 46.2 Å². The van der Waals surface area contributed by atoms with Gasteiger partial charge >= 0.3 is 6.18 Å². The molecule has 100 valence electrons. The number of carbonyl (C=O) groups is 1. The SMILES string of the molecule is Cc1cc(C(C)(C)C)cc(C)c1C(=O)C(F)(F)F. The Morgan fingerprint density at radius 1 is 1.00 bits per heavy atom. The lowest BCUT2D eigenvalue weighted by Crippen LogP contribution is -2.25. The van der Waals surface area contributed by atoms with Gasteiger partial charge in [0.15, 0.2) is 0 Å². The molecule has 0 aromatic heterocycles. The summed E-state index contributed by atoms with van der Waals surface area (Å²) in [6, 6.07) is 3.32. The summed E-state index contributed by atoms with van der Waals surface area (Å²) < 4.78 is 37.4. The summed E-state index contributed by atoms with van der Waals surface area (Å²) in [5, 5.41) is 0. The molecule has 0 N–H and O–H groups in total. The summed E-state index contributed by atoms with van der Waals surface area (Å²) in [5.41, 5.74) is 1.30. The van der Waals surface area contributed by atoms with Crippen molar-refractivity contribution in [3.63, 3.8) is 0 Å². The largest absolute Gasteiger partial charge is 0.454 e. The van der Waals surface area contributed by atoms with Crippen LogP contribution in [0.15, 0.2) is 12.1 Å². The Morgan fingerprint density at radius 2 is 1.39 bits per heavy atom. The molecule has 0 fully saturated rings. The molecule has 0 unspecified atom stereocenters. The first-order valence-corrected chi connectivity index (χ1v) is 5.68. The minimum atomic E-state index is -4.82. The van der Waals surface area contributed by atoms with Crippen molar-refractivity contribution in [1.29, 1.82) is 0 Å². The van der Waals surface area contributed by atoms with E-state index in [4.69, 9.17) is 0 Å². The first-order valence-electron chi connectivity index (χ1n) is 5.68. The highest BCUT2D eigenvalue weighted by molar-refractivity contribution is 6.02. The second-order valence-electron chi connectivity index (χ2n) is 5.56. The molecule has 4 heteroatoms. The maximum atomic E-state index is 12.5. The van der Waals surface area contributed by atoms with Gasteiger partial charge in [-0.1, -0.05) is 32.9 Å². The van der Waals surface area contributed by atoms with Crippen LogP contribution >= 0.6 is 0 Å². The molecule has 0 aliphatic carbocycles. The summed E-state index contributed by atoms with van der Waals surface area (Å²) in [7, 11) is 0. The van der Waals surface area contributed by atoms with E-state index in [1.165, 1.54) is 0 Å². The quantitative estimate of drug-likeness (QED) is 0.684. The van der Waals surface area contributed by atoms with Crippen LogP contribution in [-0.4, -0.2) is 12.0 Å². The zero-order valence-electron chi connectivity index (χ0n) is 11.2. The molecular formula is C14H17F3O. The van der Waals surface area contributed by atoms with E-state index in [1.54, 1.807) is 26.0 Å². The molecule has 0 saturated heterocycles. The Bertz CT molecular complexity index is 456. The smallest absolute Gasteiger partial charge is 0.284 e. The van der Waals surface area contributed by atoms with Crippen molar-refractivity contribution < 1.29 is 18.0 Å². The molecule has 0 heterocycles. The fraction of sp³-hybridized carbons (Fsp3) is 0.500. The van der Waals surface area contributed by atoms with E-state index in [2.05, 4.69) is 0 Å². The zero-order valence-corrected chi connectivity index (χ0v) is 11.2. The van der Waals surface area contributed by atoms with Crippen LogP contribution in [0.5, 0.6) is 0 Å². The Morgan fingerprint density at radius 3 is 1.67 bits per heavy atom. The van der Waals surface area contributed by atoms with Crippen molar-refractivity contribution in [1.82, 2.24) is 0 Å². The molecule has 1 aromatic rings. The van der Waals surface area contributed by atoms with Crippen LogP contribution in [0.1, 0.15) is 47.8 Å². The Kier molecular flexibility index (Phi) is 3.61. The standard InChI is InChI=1S/C14H17F3O/c1-8-6-10(13(3,4)5)7-9(2)11(8)12(18)14(15,16)17/h6-7H,1-5H3. The topological polar surface area (TPSA) is 17.1 Å². The van der Waals surface area contributed by atoms with E-state index >= 15 is 0 Å². The highest BCUT2D eigenvalue weighted by Gasteiger charge is 2.40. The minimum Gasteiger partial charge on any atom is -0.284 e. The van der Waals surface area contributed by atoms with Crippen molar-refractivity contribution >= 4 is 5.78 Å². The molecule has 0 aliphatic heterocycles. The maximum absolute atomic E-state index is 12.5. The Hall–Kier alpha value is -1.32. The number of aryl methyl sites for hydroxylation is 2. The molecule has 0 aliphatic rings. The molecule has 0 saturated carbocycles. The Balaban J connectivity index is 3.39. The summed E-state index contributed by atoms with van der Waals surface area (Å²) in [6.07, 6.45) is -4.82. The van der Waals surface area contributed by atoms with Crippen molar-refractivity contribution in [2.75, 3.05) is 0 Å². The molecule has 0 radical (unpaired) electrons. The van der Waals surface area contributed by atoms with Gasteiger partial charge in [0.2, 0.25) is 0 Å². The van der Waals surface area contributed by atoms with Gasteiger partial charge in [-0.3, -0.25) is 4.79 Å². The average molecular weight is 258 g/mol. The molecule has 0 bridgehead atoms. The summed E-state index contributed by atoms with van der Waals surface area (Å²) in [4.78, 5) is 11.3. The normalized spacial score (nSPS) is 12.7. The molecular weight excluding hydrogens is 241 g/mol. The predicted octanol–water partition coefficient (Wildman–Crippen LogP) is 4.35.